The summed E-state index contributed by atoms with van der Waals surface area (Å²) >= 11 is 0. The van der Waals surface area contributed by atoms with Crippen LogP contribution in [0.5, 0.6) is 0 Å². The number of aromatic nitrogens is 1. The van der Waals surface area contributed by atoms with Crippen LogP contribution in [0.3, 0.4) is 0 Å². The molecule has 17 heavy (non-hydrogen) atoms. The molecule has 0 aliphatic rings. The summed E-state index contributed by atoms with van der Waals surface area (Å²) in [6.07, 6.45) is 4.84. The molecule has 0 bridgehead atoms. The van der Waals surface area contributed by atoms with Crippen LogP contribution in [0.15, 0.2) is 42.7 Å². The van der Waals surface area contributed by atoms with Crippen molar-refractivity contribution < 1.29 is 4.79 Å². The fraction of sp³-hybridized carbons (Fsp3) is 0.214. The molecule has 1 aromatic heterocycles. The standard InChI is InChI=1S/C14H16N2O/c1-2-8-16-9-12(13(10-16)14(15)17)11-6-4-3-5-7-11/h3-7,9-10H,2,8H2,1H3,(H2,15,17). The van der Waals surface area contributed by atoms with Crippen molar-refractivity contribution in [2.24, 2.45) is 5.73 Å². The molecule has 0 atom stereocenters. The molecule has 1 aromatic carbocycles. The average Bonchev–Trinajstić information content (AvgIpc) is 2.75. The van der Waals surface area contributed by atoms with Crippen LogP contribution in [0.25, 0.3) is 11.1 Å². The minimum absolute atomic E-state index is 0.376. The van der Waals surface area contributed by atoms with E-state index in [2.05, 4.69) is 6.92 Å². The SMILES string of the molecule is CCCn1cc(C(N)=O)c(-c2ccccc2)c1. The van der Waals surface area contributed by atoms with E-state index < -0.39 is 0 Å². The Bertz CT molecular complexity index is 514. The van der Waals surface area contributed by atoms with Crippen LogP contribution in [-0.4, -0.2) is 10.5 Å². The maximum absolute atomic E-state index is 11.4. The van der Waals surface area contributed by atoms with Crippen molar-refractivity contribution in [1.29, 1.82) is 0 Å². The molecule has 0 saturated carbocycles. The van der Waals surface area contributed by atoms with Gasteiger partial charge in [0.2, 0.25) is 0 Å². The minimum atomic E-state index is -0.376. The fourth-order valence-electron chi connectivity index (χ4n) is 1.94. The van der Waals surface area contributed by atoms with Gasteiger partial charge < -0.3 is 10.3 Å². The highest BCUT2D eigenvalue weighted by molar-refractivity contribution is 5.99. The molecule has 88 valence electrons. The molecule has 2 N–H and O–H groups in total. The third-order valence-corrected chi connectivity index (χ3v) is 2.71. The summed E-state index contributed by atoms with van der Waals surface area (Å²) < 4.78 is 2.02. The lowest BCUT2D eigenvalue weighted by Crippen LogP contribution is -2.11. The summed E-state index contributed by atoms with van der Waals surface area (Å²) in [5, 5.41) is 0. The van der Waals surface area contributed by atoms with Crippen molar-refractivity contribution in [1.82, 2.24) is 4.57 Å². The van der Waals surface area contributed by atoms with E-state index in [0.717, 1.165) is 24.1 Å². The lowest BCUT2D eigenvalue weighted by Gasteiger charge is -1.99. The van der Waals surface area contributed by atoms with Crippen molar-refractivity contribution in [2.45, 2.75) is 19.9 Å². The molecule has 0 fully saturated rings. The van der Waals surface area contributed by atoms with Crippen molar-refractivity contribution in [2.75, 3.05) is 0 Å². The second-order valence-electron chi connectivity index (χ2n) is 4.05. The number of benzene rings is 1. The van der Waals surface area contributed by atoms with Crippen LogP contribution in [0, 0.1) is 0 Å². The molecule has 3 nitrogen and oxygen atoms in total. The van der Waals surface area contributed by atoms with E-state index in [4.69, 9.17) is 5.73 Å². The summed E-state index contributed by atoms with van der Waals surface area (Å²) in [4.78, 5) is 11.4. The van der Waals surface area contributed by atoms with Gasteiger partial charge in [-0.2, -0.15) is 0 Å². The van der Waals surface area contributed by atoms with Gasteiger partial charge in [0.05, 0.1) is 5.56 Å². The molecular formula is C14H16N2O. The van der Waals surface area contributed by atoms with Crippen LogP contribution >= 0.6 is 0 Å². The summed E-state index contributed by atoms with van der Waals surface area (Å²) in [5.41, 5.74) is 7.93. The summed E-state index contributed by atoms with van der Waals surface area (Å²) in [5.74, 6) is -0.376. The first kappa shape index (κ1) is 11.5. The first-order valence-corrected chi connectivity index (χ1v) is 5.77. The van der Waals surface area contributed by atoms with Crippen LogP contribution in [0.2, 0.25) is 0 Å². The number of rotatable bonds is 4. The van der Waals surface area contributed by atoms with E-state index in [1.807, 2.05) is 47.3 Å². The molecule has 0 aliphatic carbocycles. The van der Waals surface area contributed by atoms with Crippen LogP contribution in [-0.2, 0) is 6.54 Å². The van der Waals surface area contributed by atoms with Gasteiger partial charge >= 0.3 is 0 Å². The molecule has 1 heterocycles. The maximum Gasteiger partial charge on any atom is 0.250 e. The van der Waals surface area contributed by atoms with Gasteiger partial charge in [-0.1, -0.05) is 37.3 Å². The highest BCUT2D eigenvalue weighted by Gasteiger charge is 2.12. The smallest absolute Gasteiger partial charge is 0.250 e. The van der Waals surface area contributed by atoms with Gasteiger partial charge in [-0.05, 0) is 12.0 Å². The number of carbonyl (C=O) groups is 1. The highest BCUT2D eigenvalue weighted by atomic mass is 16.1. The van der Waals surface area contributed by atoms with E-state index in [0.29, 0.717) is 5.56 Å². The van der Waals surface area contributed by atoms with E-state index >= 15 is 0 Å². The van der Waals surface area contributed by atoms with Gasteiger partial charge in [-0.15, -0.1) is 0 Å². The number of aryl methyl sites for hydroxylation is 1. The lowest BCUT2D eigenvalue weighted by atomic mass is 10.0. The number of amides is 1. The van der Waals surface area contributed by atoms with Crippen molar-refractivity contribution in [3.05, 3.63) is 48.3 Å². The number of primary amides is 1. The summed E-state index contributed by atoms with van der Waals surface area (Å²) in [6.45, 7) is 3.00. The van der Waals surface area contributed by atoms with Crippen LogP contribution < -0.4 is 5.73 Å². The average molecular weight is 228 g/mol. The first-order chi connectivity index (χ1) is 8.22. The van der Waals surface area contributed by atoms with Gasteiger partial charge in [-0.25, -0.2) is 0 Å². The Morgan fingerprint density at radius 3 is 2.53 bits per heavy atom. The Morgan fingerprint density at radius 2 is 1.94 bits per heavy atom. The molecule has 0 aliphatic heterocycles. The number of hydrogen-bond donors (Lipinski definition) is 1. The van der Waals surface area contributed by atoms with E-state index in [1.54, 1.807) is 0 Å². The molecule has 2 rings (SSSR count). The third kappa shape index (κ3) is 2.38. The number of nitrogens with zero attached hydrogens (tertiary/aromatic N) is 1. The Morgan fingerprint density at radius 1 is 1.24 bits per heavy atom. The first-order valence-electron chi connectivity index (χ1n) is 5.77. The van der Waals surface area contributed by atoms with Gasteiger partial charge in [-0.3, -0.25) is 4.79 Å². The highest BCUT2D eigenvalue weighted by Crippen LogP contribution is 2.24. The molecule has 0 unspecified atom stereocenters. The Labute approximate surface area is 101 Å². The Kier molecular flexibility index (Phi) is 3.28. The van der Waals surface area contributed by atoms with E-state index in [9.17, 15) is 4.79 Å². The molecule has 3 heteroatoms. The van der Waals surface area contributed by atoms with Gasteiger partial charge in [0.25, 0.3) is 5.91 Å². The van der Waals surface area contributed by atoms with E-state index in [-0.39, 0.29) is 5.91 Å². The van der Waals surface area contributed by atoms with Crippen molar-refractivity contribution >= 4 is 5.91 Å². The predicted octanol–water partition coefficient (Wildman–Crippen LogP) is 2.66. The Balaban J connectivity index is 2.48. The monoisotopic (exact) mass is 228 g/mol. The van der Waals surface area contributed by atoms with Crippen LogP contribution in [0.1, 0.15) is 23.7 Å². The molecular weight excluding hydrogens is 212 g/mol. The van der Waals surface area contributed by atoms with Gasteiger partial charge in [0.1, 0.15) is 0 Å². The molecule has 0 radical (unpaired) electrons. The number of carbonyl (C=O) groups excluding carboxylic acids is 1. The quantitative estimate of drug-likeness (QED) is 0.859. The van der Waals surface area contributed by atoms with Crippen LogP contribution in [0.4, 0.5) is 0 Å². The predicted molar refractivity (Wildman–Crippen MR) is 68.7 cm³/mol. The minimum Gasteiger partial charge on any atom is -0.366 e. The lowest BCUT2D eigenvalue weighted by molar-refractivity contribution is 0.100. The zero-order valence-corrected chi connectivity index (χ0v) is 9.89. The molecule has 1 amide bonds. The van der Waals surface area contributed by atoms with Gasteiger partial charge in [0.15, 0.2) is 0 Å². The zero-order chi connectivity index (χ0) is 12.3. The second kappa shape index (κ2) is 4.87. The summed E-state index contributed by atoms with van der Waals surface area (Å²) in [7, 11) is 0. The topological polar surface area (TPSA) is 48.0 Å². The van der Waals surface area contributed by atoms with Crippen molar-refractivity contribution in [3.8, 4) is 11.1 Å². The normalized spacial score (nSPS) is 10.4. The molecule has 2 aromatic rings. The Hall–Kier alpha value is -2.03. The number of hydrogen-bond acceptors (Lipinski definition) is 1. The third-order valence-electron chi connectivity index (χ3n) is 2.71. The van der Waals surface area contributed by atoms with E-state index in [1.165, 1.54) is 0 Å². The fourth-order valence-corrected chi connectivity index (χ4v) is 1.94. The molecule has 0 saturated heterocycles. The number of nitrogens with two attached hydrogens (primary N) is 1. The summed E-state index contributed by atoms with van der Waals surface area (Å²) in [6, 6.07) is 9.83. The molecule has 0 spiro atoms. The second-order valence-corrected chi connectivity index (χ2v) is 4.05. The maximum atomic E-state index is 11.4. The van der Waals surface area contributed by atoms with Gasteiger partial charge in [0, 0.05) is 24.5 Å². The van der Waals surface area contributed by atoms with Crippen molar-refractivity contribution in [3.63, 3.8) is 0 Å². The zero-order valence-electron chi connectivity index (χ0n) is 9.89. The largest absolute Gasteiger partial charge is 0.366 e.